The number of anilines is 2. The SMILES string of the molecule is [C-]#[N+]c1c(N)sc2c(F)ccc(-c3c(Cl)cc4c(N(CC)C5CCN(C(=O)C=C)C5C)nc(OCC56CCCN5CC(F)C6)nc4c3F)c12. The Bertz CT molecular complexity index is 2050. The predicted octanol–water partition coefficient (Wildman–Crippen LogP) is 7.53. The van der Waals surface area contributed by atoms with Crippen molar-refractivity contribution in [2.45, 2.75) is 63.3 Å². The average molecular weight is 710 g/mol. The summed E-state index contributed by atoms with van der Waals surface area (Å²) in [6.07, 6.45) is 2.99. The Balaban J connectivity index is 1.40. The van der Waals surface area contributed by atoms with Crippen LogP contribution in [-0.2, 0) is 4.79 Å². The van der Waals surface area contributed by atoms with E-state index >= 15 is 4.39 Å². The van der Waals surface area contributed by atoms with Crippen molar-refractivity contribution in [2.24, 2.45) is 0 Å². The van der Waals surface area contributed by atoms with E-state index in [-0.39, 0.29) is 73.0 Å². The van der Waals surface area contributed by atoms with Crippen molar-refractivity contribution in [1.29, 1.82) is 0 Å². The van der Waals surface area contributed by atoms with Gasteiger partial charge in [0.05, 0.1) is 32.9 Å². The number of carbonyl (C=O) groups excluding carboxylic acids is 1. The summed E-state index contributed by atoms with van der Waals surface area (Å²) in [5.41, 5.74) is 5.68. The van der Waals surface area contributed by atoms with Crippen LogP contribution in [0, 0.1) is 18.2 Å². The van der Waals surface area contributed by atoms with Crippen molar-refractivity contribution < 1.29 is 22.7 Å². The quantitative estimate of drug-likeness (QED) is 0.149. The van der Waals surface area contributed by atoms with Gasteiger partial charge < -0.3 is 20.3 Å². The number of hydrogen-bond donors (Lipinski definition) is 1. The second-order valence-electron chi connectivity index (χ2n) is 13.0. The van der Waals surface area contributed by atoms with Crippen LogP contribution in [-0.4, -0.2) is 82.3 Å². The highest BCUT2D eigenvalue weighted by molar-refractivity contribution is 7.23. The summed E-state index contributed by atoms with van der Waals surface area (Å²) in [5.74, 6) is -1.18. The highest BCUT2D eigenvalue weighted by Gasteiger charge is 2.49. The monoisotopic (exact) mass is 709 g/mol. The maximum absolute atomic E-state index is 17.1. The molecule has 4 unspecified atom stereocenters. The van der Waals surface area contributed by atoms with Gasteiger partial charge in [-0.05, 0) is 63.4 Å². The molecule has 4 aromatic rings. The molecule has 9 nitrogen and oxygen atoms in total. The van der Waals surface area contributed by atoms with Gasteiger partial charge in [0.25, 0.3) is 0 Å². The molecule has 0 bridgehead atoms. The Labute approximate surface area is 290 Å². The largest absolute Gasteiger partial charge is 0.461 e. The molecule has 2 aromatic heterocycles. The molecule has 5 heterocycles. The molecule has 0 radical (unpaired) electrons. The number of rotatable bonds is 8. The second-order valence-corrected chi connectivity index (χ2v) is 14.4. The number of nitrogens with two attached hydrogens (primary N) is 1. The molecule has 14 heteroatoms. The summed E-state index contributed by atoms with van der Waals surface area (Å²) in [5, 5.41) is 0.620. The fraction of sp³-hybridized carbons (Fsp3) is 0.429. The molecule has 3 aliphatic rings. The molecular formula is C35H35ClF3N7O2S. The van der Waals surface area contributed by atoms with Crippen LogP contribution in [0.2, 0.25) is 5.02 Å². The number of fused-ring (bicyclic) bond motifs is 3. The first-order chi connectivity index (χ1) is 23.5. The van der Waals surface area contributed by atoms with Gasteiger partial charge in [-0.25, -0.2) is 18.0 Å². The zero-order chi connectivity index (χ0) is 34.8. The van der Waals surface area contributed by atoms with Gasteiger partial charge in [0.1, 0.15) is 29.9 Å². The minimum absolute atomic E-state index is 0.0107. The highest BCUT2D eigenvalue weighted by Crippen LogP contribution is 2.49. The zero-order valence-electron chi connectivity index (χ0n) is 27.1. The van der Waals surface area contributed by atoms with E-state index in [1.807, 2.05) is 18.7 Å². The third kappa shape index (κ3) is 5.36. The Kier molecular flexibility index (Phi) is 8.61. The molecule has 2 N–H and O–H groups in total. The van der Waals surface area contributed by atoms with E-state index < -0.39 is 23.3 Å². The van der Waals surface area contributed by atoms with E-state index in [2.05, 4.69) is 21.3 Å². The summed E-state index contributed by atoms with van der Waals surface area (Å²) >= 11 is 7.80. The van der Waals surface area contributed by atoms with Crippen LogP contribution < -0.4 is 15.4 Å². The lowest BCUT2D eigenvalue weighted by Crippen LogP contribution is -2.45. The Morgan fingerprint density at radius 3 is 2.88 bits per heavy atom. The number of aromatic nitrogens is 2. The van der Waals surface area contributed by atoms with Crippen LogP contribution in [0.25, 0.3) is 37.0 Å². The number of benzene rings is 2. The van der Waals surface area contributed by atoms with Crippen LogP contribution in [0.5, 0.6) is 6.01 Å². The number of hydrogen-bond acceptors (Lipinski definition) is 8. The van der Waals surface area contributed by atoms with E-state index in [0.29, 0.717) is 43.7 Å². The van der Waals surface area contributed by atoms with E-state index in [9.17, 15) is 13.6 Å². The Hall–Kier alpha value is -4.12. The molecule has 256 valence electrons. The highest BCUT2D eigenvalue weighted by atomic mass is 35.5. The number of likely N-dealkylation sites (tertiary alicyclic amines) is 1. The maximum Gasteiger partial charge on any atom is 0.319 e. The lowest BCUT2D eigenvalue weighted by molar-refractivity contribution is -0.126. The van der Waals surface area contributed by atoms with Crippen molar-refractivity contribution >= 4 is 66.3 Å². The van der Waals surface area contributed by atoms with E-state index in [1.165, 1.54) is 18.2 Å². The van der Waals surface area contributed by atoms with Gasteiger partial charge in [0.15, 0.2) is 5.82 Å². The Morgan fingerprint density at radius 1 is 1.35 bits per heavy atom. The van der Waals surface area contributed by atoms with Crippen LogP contribution >= 0.6 is 22.9 Å². The first-order valence-corrected chi connectivity index (χ1v) is 17.5. The van der Waals surface area contributed by atoms with Crippen LogP contribution in [0.4, 0.5) is 29.7 Å². The third-order valence-electron chi connectivity index (χ3n) is 10.4. The normalized spacial score (nSPS) is 23.7. The topological polar surface area (TPSA) is 92.2 Å². The number of likely N-dealkylation sites (N-methyl/N-ethyl adjacent to an activating group) is 1. The number of carbonyl (C=O) groups is 1. The van der Waals surface area contributed by atoms with Crippen molar-refractivity contribution in [2.75, 3.05) is 43.4 Å². The fourth-order valence-electron chi connectivity index (χ4n) is 8.14. The van der Waals surface area contributed by atoms with Gasteiger partial charge in [0, 0.05) is 48.4 Å². The molecule has 0 aliphatic carbocycles. The molecular weight excluding hydrogens is 675 g/mol. The van der Waals surface area contributed by atoms with Crippen molar-refractivity contribution in [1.82, 2.24) is 19.8 Å². The van der Waals surface area contributed by atoms with Crippen molar-refractivity contribution in [3.8, 4) is 17.1 Å². The molecule has 4 atom stereocenters. The summed E-state index contributed by atoms with van der Waals surface area (Å²) in [4.78, 5) is 31.4. The maximum atomic E-state index is 17.1. The molecule has 1 amide bonds. The smallest absolute Gasteiger partial charge is 0.319 e. The summed E-state index contributed by atoms with van der Waals surface area (Å²) < 4.78 is 53.0. The molecule has 2 aromatic carbocycles. The summed E-state index contributed by atoms with van der Waals surface area (Å²) in [7, 11) is 0. The lowest BCUT2D eigenvalue weighted by atomic mass is 9.95. The van der Waals surface area contributed by atoms with Gasteiger partial charge in [-0.1, -0.05) is 24.2 Å². The molecule has 0 spiro atoms. The third-order valence-corrected chi connectivity index (χ3v) is 11.7. The number of ether oxygens (including phenoxy) is 1. The minimum Gasteiger partial charge on any atom is -0.461 e. The summed E-state index contributed by atoms with van der Waals surface area (Å²) in [6.45, 7) is 17.5. The Morgan fingerprint density at radius 2 is 2.14 bits per heavy atom. The van der Waals surface area contributed by atoms with Crippen LogP contribution in [0.1, 0.15) is 39.5 Å². The first-order valence-electron chi connectivity index (χ1n) is 16.3. The molecule has 3 saturated heterocycles. The zero-order valence-corrected chi connectivity index (χ0v) is 28.7. The van der Waals surface area contributed by atoms with Gasteiger partial charge in [-0.15, -0.1) is 11.3 Å². The molecule has 0 saturated carbocycles. The van der Waals surface area contributed by atoms with Gasteiger partial charge in [-0.2, -0.15) is 9.97 Å². The van der Waals surface area contributed by atoms with Crippen molar-refractivity contribution in [3.63, 3.8) is 0 Å². The standard InChI is InChI=1S/C35H35ClF3N7O2S/c1-5-25(47)46-13-10-24(18(46)3)45(6-2)33-21-14-22(36)26(20-8-9-23(38)31-27(20)30(41-4)32(40)49-31)28(39)29(21)42-34(43-33)48-17-35-11-7-12-44(35)16-19(37)15-35/h5,8-9,14,18-19,24H,1,6-7,10-13,15-17,40H2,2-3H3. The van der Waals surface area contributed by atoms with E-state index in [1.54, 1.807) is 11.0 Å². The fourth-order valence-corrected chi connectivity index (χ4v) is 9.37. The van der Waals surface area contributed by atoms with Gasteiger partial charge in [-0.3, -0.25) is 9.69 Å². The number of alkyl halides is 1. The minimum atomic E-state index is -0.959. The number of amides is 1. The summed E-state index contributed by atoms with van der Waals surface area (Å²) in [6, 6.07) is 3.69. The van der Waals surface area contributed by atoms with E-state index in [4.69, 9.17) is 33.6 Å². The molecule has 7 rings (SSSR count). The van der Waals surface area contributed by atoms with Crippen LogP contribution in [0.15, 0.2) is 30.9 Å². The van der Waals surface area contributed by atoms with Crippen molar-refractivity contribution in [3.05, 3.63) is 58.9 Å². The van der Waals surface area contributed by atoms with E-state index in [0.717, 1.165) is 30.7 Å². The second kappa shape index (κ2) is 12.6. The lowest BCUT2D eigenvalue weighted by Gasteiger charge is -2.34. The van der Waals surface area contributed by atoms with Gasteiger partial charge >= 0.3 is 6.01 Å². The average Bonchev–Trinajstić information content (AvgIpc) is 3.82. The molecule has 3 aliphatic heterocycles. The number of halogens is 4. The first kappa shape index (κ1) is 33.4. The number of nitrogen functional groups attached to an aromatic ring is 1. The van der Waals surface area contributed by atoms with Crippen LogP contribution in [0.3, 0.4) is 0 Å². The number of thiophene rings is 1. The molecule has 3 fully saturated rings. The number of nitrogens with zero attached hydrogens (tertiary/aromatic N) is 6. The van der Waals surface area contributed by atoms with Gasteiger partial charge in [0.2, 0.25) is 11.6 Å². The molecule has 49 heavy (non-hydrogen) atoms. The predicted molar refractivity (Wildman–Crippen MR) is 187 cm³/mol.